The van der Waals surface area contributed by atoms with E-state index in [1.807, 2.05) is 12.1 Å². The summed E-state index contributed by atoms with van der Waals surface area (Å²) in [5.74, 6) is 1.44. The number of benzene rings is 2. The molecule has 1 atom stereocenters. The summed E-state index contributed by atoms with van der Waals surface area (Å²) in [5, 5.41) is 0.374. The molecule has 0 amide bonds. The highest BCUT2D eigenvalue weighted by molar-refractivity contribution is 7.89. The zero-order valence-corrected chi connectivity index (χ0v) is 16.0. The zero-order valence-electron chi connectivity index (χ0n) is 14.4. The molecular formula is C19H20ClNO4S. The summed E-state index contributed by atoms with van der Waals surface area (Å²) in [4.78, 5) is 0.121. The van der Waals surface area contributed by atoms with E-state index >= 15 is 0 Å². The smallest absolute Gasteiger partial charge is 0.246 e. The molecule has 7 heteroatoms. The van der Waals surface area contributed by atoms with Gasteiger partial charge in [0.2, 0.25) is 10.0 Å². The Labute approximate surface area is 158 Å². The van der Waals surface area contributed by atoms with Crippen LogP contribution in [0.3, 0.4) is 0 Å². The quantitative estimate of drug-likeness (QED) is 0.798. The van der Waals surface area contributed by atoms with Gasteiger partial charge in [0, 0.05) is 24.5 Å². The first-order chi connectivity index (χ1) is 12.5. The second-order valence-corrected chi connectivity index (χ2v) is 8.95. The average molecular weight is 394 g/mol. The zero-order chi connectivity index (χ0) is 18.3. The Hall–Kier alpha value is -1.76. The van der Waals surface area contributed by atoms with Crippen LogP contribution < -0.4 is 9.47 Å². The molecule has 0 radical (unpaired) electrons. The van der Waals surface area contributed by atoms with E-state index in [1.54, 1.807) is 12.1 Å². The molecule has 2 aromatic carbocycles. The molecule has 2 aliphatic heterocycles. The molecule has 2 aliphatic rings. The lowest BCUT2D eigenvalue weighted by Gasteiger charge is -2.19. The van der Waals surface area contributed by atoms with Crippen LogP contribution in [0.5, 0.6) is 11.5 Å². The highest BCUT2D eigenvalue weighted by Crippen LogP contribution is 2.37. The number of nitrogens with zero attached hydrogens (tertiary/aromatic N) is 1. The molecule has 2 heterocycles. The number of ether oxygens (including phenoxy) is 2. The largest absolute Gasteiger partial charge is 0.495 e. The van der Waals surface area contributed by atoms with Crippen molar-refractivity contribution in [3.05, 3.63) is 52.5 Å². The van der Waals surface area contributed by atoms with Crippen LogP contribution >= 0.6 is 11.6 Å². The van der Waals surface area contributed by atoms with Gasteiger partial charge in [-0.3, -0.25) is 0 Å². The number of hydrogen-bond acceptors (Lipinski definition) is 4. The van der Waals surface area contributed by atoms with Crippen molar-refractivity contribution in [3.8, 4) is 11.5 Å². The molecule has 0 aliphatic carbocycles. The minimum Gasteiger partial charge on any atom is -0.495 e. The van der Waals surface area contributed by atoms with Gasteiger partial charge in [-0.2, -0.15) is 4.31 Å². The molecule has 0 spiro atoms. The molecule has 1 saturated heterocycles. The summed E-state index contributed by atoms with van der Waals surface area (Å²) in [6, 6.07) is 10.9. The number of hydrogen-bond donors (Lipinski definition) is 0. The number of rotatable bonds is 4. The fraction of sp³-hybridized carbons (Fsp3) is 0.368. The molecule has 2 aromatic rings. The lowest BCUT2D eigenvalue weighted by molar-refractivity contribution is 0.357. The second kappa shape index (κ2) is 6.76. The minimum absolute atomic E-state index is 0.121. The van der Waals surface area contributed by atoms with Gasteiger partial charge < -0.3 is 9.47 Å². The molecule has 0 unspecified atom stereocenters. The van der Waals surface area contributed by atoms with Crippen LogP contribution in [0, 0.1) is 0 Å². The van der Waals surface area contributed by atoms with Gasteiger partial charge in [-0.15, -0.1) is 0 Å². The van der Waals surface area contributed by atoms with E-state index in [0.29, 0.717) is 23.9 Å². The normalized spacial score (nSPS) is 20.0. The predicted molar refractivity (Wildman–Crippen MR) is 99.8 cm³/mol. The van der Waals surface area contributed by atoms with Crippen LogP contribution in [0.2, 0.25) is 5.02 Å². The standard InChI is InChI=1S/C19H20ClNO4S/c1-24-18-5-3-16(20)11-19(18)26(22,23)21-8-6-15(12-21)13-2-4-17-14(10-13)7-9-25-17/h2-5,10-11,15H,6-9,12H2,1H3/t15-/m0/s1. The first kappa shape index (κ1) is 17.6. The number of sulfonamides is 1. The van der Waals surface area contributed by atoms with Crippen LogP contribution in [-0.4, -0.2) is 39.5 Å². The molecule has 0 bridgehead atoms. The summed E-state index contributed by atoms with van der Waals surface area (Å²) in [5.41, 5.74) is 2.38. The summed E-state index contributed by atoms with van der Waals surface area (Å²) < 4.78 is 38.5. The molecule has 5 nitrogen and oxygen atoms in total. The van der Waals surface area contributed by atoms with Gasteiger partial charge in [0.05, 0.1) is 13.7 Å². The molecular weight excluding hydrogens is 374 g/mol. The summed E-state index contributed by atoms with van der Waals surface area (Å²) in [6.45, 7) is 1.66. The van der Waals surface area contributed by atoms with Crippen LogP contribution in [0.4, 0.5) is 0 Å². The minimum atomic E-state index is -3.66. The SMILES string of the molecule is COc1ccc(Cl)cc1S(=O)(=O)N1CC[C@H](c2ccc3c(c2)CCO3)C1. The lowest BCUT2D eigenvalue weighted by atomic mass is 9.96. The van der Waals surface area contributed by atoms with Gasteiger partial charge in [0.1, 0.15) is 16.4 Å². The van der Waals surface area contributed by atoms with Gasteiger partial charge in [-0.25, -0.2) is 8.42 Å². The maximum absolute atomic E-state index is 13.1. The average Bonchev–Trinajstić information content (AvgIpc) is 3.30. The van der Waals surface area contributed by atoms with E-state index in [-0.39, 0.29) is 10.8 Å². The van der Waals surface area contributed by atoms with Crippen molar-refractivity contribution in [2.24, 2.45) is 0 Å². The maximum Gasteiger partial charge on any atom is 0.246 e. The Morgan fingerprint density at radius 1 is 1.23 bits per heavy atom. The fourth-order valence-corrected chi connectivity index (χ4v) is 5.59. The van der Waals surface area contributed by atoms with Crippen molar-refractivity contribution in [1.29, 1.82) is 0 Å². The van der Waals surface area contributed by atoms with E-state index in [2.05, 4.69) is 6.07 Å². The highest BCUT2D eigenvalue weighted by atomic mass is 35.5. The van der Waals surface area contributed by atoms with E-state index < -0.39 is 10.0 Å². The van der Waals surface area contributed by atoms with Crippen molar-refractivity contribution in [2.45, 2.75) is 23.7 Å². The first-order valence-electron chi connectivity index (χ1n) is 8.58. The van der Waals surface area contributed by atoms with E-state index in [9.17, 15) is 8.42 Å². The topological polar surface area (TPSA) is 55.8 Å². The highest BCUT2D eigenvalue weighted by Gasteiger charge is 2.35. The van der Waals surface area contributed by atoms with Gasteiger partial charge in [-0.05, 0) is 47.7 Å². The Morgan fingerprint density at radius 2 is 2.08 bits per heavy atom. The van der Waals surface area contributed by atoms with Crippen LogP contribution in [0.25, 0.3) is 0 Å². The van der Waals surface area contributed by atoms with Gasteiger partial charge in [0.25, 0.3) is 0 Å². The molecule has 138 valence electrons. The Bertz CT molecular complexity index is 945. The van der Waals surface area contributed by atoms with Gasteiger partial charge in [0.15, 0.2) is 0 Å². The van der Waals surface area contributed by atoms with E-state index in [1.165, 1.54) is 28.6 Å². The summed E-state index contributed by atoms with van der Waals surface area (Å²) in [6.07, 6.45) is 1.71. The Balaban J connectivity index is 1.59. The first-order valence-corrected chi connectivity index (χ1v) is 10.4. The predicted octanol–water partition coefficient (Wildman–Crippen LogP) is 3.46. The second-order valence-electron chi connectivity index (χ2n) is 6.61. The van der Waals surface area contributed by atoms with Crippen LogP contribution in [-0.2, 0) is 16.4 Å². The van der Waals surface area contributed by atoms with E-state index in [4.69, 9.17) is 21.1 Å². The Kier molecular flexibility index (Phi) is 4.59. The monoisotopic (exact) mass is 393 g/mol. The Morgan fingerprint density at radius 3 is 2.88 bits per heavy atom. The van der Waals surface area contributed by atoms with Gasteiger partial charge >= 0.3 is 0 Å². The molecule has 0 N–H and O–H groups in total. The summed E-state index contributed by atoms with van der Waals surface area (Å²) >= 11 is 6.01. The number of methoxy groups -OCH3 is 1. The molecule has 4 rings (SSSR count). The third-order valence-corrected chi connectivity index (χ3v) is 7.20. The van der Waals surface area contributed by atoms with Crippen molar-refractivity contribution in [1.82, 2.24) is 4.31 Å². The lowest BCUT2D eigenvalue weighted by Crippen LogP contribution is -2.29. The van der Waals surface area contributed by atoms with Crippen molar-refractivity contribution in [3.63, 3.8) is 0 Å². The summed E-state index contributed by atoms with van der Waals surface area (Å²) in [7, 11) is -2.20. The molecule has 1 fully saturated rings. The van der Waals surface area contributed by atoms with Crippen LogP contribution in [0.1, 0.15) is 23.5 Å². The van der Waals surface area contributed by atoms with Gasteiger partial charge in [-0.1, -0.05) is 23.7 Å². The van der Waals surface area contributed by atoms with Crippen molar-refractivity contribution in [2.75, 3.05) is 26.8 Å². The van der Waals surface area contributed by atoms with Crippen molar-refractivity contribution < 1.29 is 17.9 Å². The molecule has 26 heavy (non-hydrogen) atoms. The van der Waals surface area contributed by atoms with E-state index in [0.717, 1.165) is 25.2 Å². The van der Waals surface area contributed by atoms with Crippen molar-refractivity contribution >= 4 is 21.6 Å². The number of fused-ring (bicyclic) bond motifs is 1. The molecule has 0 saturated carbocycles. The third-order valence-electron chi connectivity index (χ3n) is 5.08. The molecule has 0 aromatic heterocycles. The fourth-order valence-electron chi connectivity index (χ4n) is 3.67. The third kappa shape index (κ3) is 3.06. The van der Waals surface area contributed by atoms with Crippen LogP contribution in [0.15, 0.2) is 41.3 Å². The number of halogens is 1. The maximum atomic E-state index is 13.1.